The molecule has 0 radical (unpaired) electrons. The Morgan fingerprint density at radius 2 is 1.89 bits per heavy atom. The van der Waals surface area contributed by atoms with Gasteiger partial charge in [0.15, 0.2) is 0 Å². The maximum Gasteiger partial charge on any atom is 0.108 e. The molecular weight excluding hydrogens is 232 g/mol. The monoisotopic (exact) mass is 252 g/mol. The van der Waals surface area contributed by atoms with Crippen LogP contribution in [0, 0.1) is 4.91 Å². The lowest BCUT2D eigenvalue weighted by molar-refractivity contribution is 0.0741. The van der Waals surface area contributed by atoms with E-state index in [4.69, 9.17) is 9.47 Å². The summed E-state index contributed by atoms with van der Waals surface area (Å²) in [5.74, 6) is 0. The van der Waals surface area contributed by atoms with E-state index in [0.717, 1.165) is 18.8 Å². The van der Waals surface area contributed by atoms with E-state index in [1.165, 1.54) is 0 Å². The molecule has 0 aromatic heterocycles. The molecule has 0 aliphatic rings. The zero-order chi connectivity index (χ0) is 13.2. The Morgan fingerprint density at radius 3 is 2.44 bits per heavy atom. The van der Waals surface area contributed by atoms with Gasteiger partial charge in [0.2, 0.25) is 0 Å². The fourth-order valence-electron chi connectivity index (χ4n) is 1.61. The van der Waals surface area contributed by atoms with Gasteiger partial charge in [-0.3, -0.25) is 0 Å². The van der Waals surface area contributed by atoms with Crippen molar-refractivity contribution in [2.45, 2.75) is 6.92 Å². The van der Waals surface area contributed by atoms with Gasteiger partial charge in [0, 0.05) is 25.9 Å². The highest BCUT2D eigenvalue weighted by atomic mass is 16.5. The molecule has 5 heteroatoms. The minimum Gasteiger partial charge on any atom is -0.382 e. The van der Waals surface area contributed by atoms with Crippen LogP contribution in [0.4, 0.5) is 11.4 Å². The molecule has 0 saturated heterocycles. The predicted octanol–water partition coefficient (Wildman–Crippen LogP) is 2.57. The van der Waals surface area contributed by atoms with Crippen LogP contribution in [0.5, 0.6) is 0 Å². The molecule has 1 aromatic carbocycles. The van der Waals surface area contributed by atoms with E-state index in [0.29, 0.717) is 25.5 Å². The normalized spacial score (nSPS) is 10.3. The molecule has 0 unspecified atom stereocenters. The van der Waals surface area contributed by atoms with Crippen LogP contribution >= 0.6 is 0 Å². The fourth-order valence-corrected chi connectivity index (χ4v) is 1.61. The summed E-state index contributed by atoms with van der Waals surface area (Å²) < 4.78 is 10.3. The largest absolute Gasteiger partial charge is 0.382 e. The van der Waals surface area contributed by atoms with Crippen molar-refractivity contribution in [1.82, 2.24) is 0 Å². The molecule has 0 atom stereocenters. The van der Waals surface area contributed by atoms with E-state index in [9.17, 15) is 4.91 Å². The first-order valence-electron chi connectivity index (χ1n) is 6.06. The number of benzene rings is 1. The molecular formula is C13H20N2O3. The van der Waals surface area contributed by atoms with Gasteiger partial charge in [0.05, 0.1) is 19.8 Å². The second-order valence-corrected chi connectivity index (χ2v) is 3.79. The summed E-state index contributed by atoms with van der Waals surface area (Å²) in [6, 6.07) is 7.23. The number of nitrogens with zero attached hydrogens (tertiary/aromatic N) is 2. The van der Waals surface area contributed by atoms with Crippen molar-refractivity contribution in [3.63, 3.8) is 0 Å². The molecule has 0 N–H and O–H groups in total. The molecule has 0 spiro atoms. The molecule has 0 aliphatic heterocycles. The van der Waals surface area contributed by atoms with Crippen molar-refractivity contribution < 1.29 is 9.47 Å². The van der Waals surface area contributed by atoms with Crippen LogP contribution in [0.1, 0.15) is 6.92 Å². The highest BCUT2D eigenvalue weighted by Crippen LogP contribution is 2.19. The number of hydrogen-bond acceptors (Lipinski definition) is 5. The summed E-state index contributed by atoms with van der Waals surface area (Å²) in [5.41, 5.74) is 1.52. The number of anilines is 1. The third-order valence-corrected chi connectivity index (χ3v) is 2.64. The molecule has 1 aromatic rings. The van der Waals surface area contributed by atoms with Crippen molar-refractivity contribution in [3.8, 4) is 0 Å². The minimum absolute atomic E-state index is 0.450. The Morgan fingerprint density at radius 1 is 1.17 bits per heavy atom. The van der Waals surface area contributed by atoms with Crippen LogP contribution in [-0.2, 0) is 9.47 Å². The van der Waals surface area contributed by atoms with E-state index in [-0.39, 0.29) is 0 Å². The molecule has 0 aliphatic carbocycles. The molecule has 0 heterocycles. The Hall–Kier alpha value is -1.46. The van der Waals surface area contributed by atoms with Crippen molar-refractivity contribution in [2.24, 2.45) is 5.18 Å². The third kappa shape index (κ3) is 4.81. The molecule has 0 saturated carbocycles. The molecule has 0 bridgehead atoms. The summed E-state index contributed by atoms with van der Waals surface area (Å²) in [7, 11) is 1.66. The summed E-state index contributed by atoms with van der Waals surface area (Å²) in [4.78, 5) is 12.5. The predicted molar refractivity (Wildman–Crippen MR) is 72.5 cm³/mol. The standard InChI is InChI=1S/C13H20N2O3/c1-3-15(8-9-18-11-10-17-2)13-6-4-12(14-16)5-7-13/h4-7H,3,8-11H2,1-2H3. The van der Waals surface area contributed by atoms with Crippen molar-refractivity contribution in [1.29, 1.82) is 0 Å². The number of ether oxygens (including phenoxy) is 2. The van der Waals surface area contributed by atoms with Gasteiger partial charge in [-0.25, -0.2) is 0 Å². The van der Waals surface area contributed by atoms with Crippen LogP contribution in [0.3, 0.4) is 0 Å². The van der Waals surface area contributed by atoms with E-state index < -0.39 is 0 Å². The number of nitroso groups, excluding NO2 is 1. The molecule has 100 valence electrons. The molecule has 0 fully saturated rings. The van der Waals surface area contributed by atoms with Gasteiger partial charge in [-0.15, -0.1) is 4.91 Å². The van der Waals surface area contributed by atoms with Crippen LogP contribution in [0.25, 0.3) is 0 Å². The van der Waals surface area contributed by atoms with Gasteiger partial charge in [0.1, 0.15) is 5.69 Å². The number of methoxy groups -OCH3 is 1. The number of rotatable bonds is 9. The first kappa shape index (κ1) is 14.6. The maximum absolute atomic E-state index is 10.3. The topological polar surface area (TPSA) is 51.1 Å². The van der Waals surface area contributed by atoms with E-state index in [1.54, 1.807) is 19.2 Å². The lowest BCUT2D eigenvalue weighted by Crippen LogP contribution is -2.27. The second kappa shape index (κ2) is 8.60. The summed E-state index contributed by atoms with van der Waals surface area (Å²) in [6.45, 7) is 5.68. The lowest BCUT2D eigenvalue weighted by Gasteiger charge is -2.23. The Balaban J connectivity index is 2.41. The summed E-state index contributed by atoms with van der Waals surface area (Å²) >= 11 is 0. The van der Waals surface area contributed by atoms with Gasteiger partial charge >= 0.3 is 0 Å². The molecule has 5 nitrogen and oxygen atoms in total. The summed E-state index contributed by atoms with van der Waals surface area (Å²) in [5, 5.41) is 2.89. The number of likely N-dealkylation sites (N-methyl/N-ethyl adjacent to an activating group) is 1. The van der Waals surface area contributed by atoms with Gasteiger partial charge in [-0.05, 0) is 36.4 Å². The Labute approximate surface area is 108 Å². The van der Waals surface area contributed by atoms with E-state index in [2.05, 4.69) is 17.0 Å². The molecule has 0 amide bonds. The zero-order valence-electron chi connectivity index (χ0n) is 11.0. The smallest absolute Gasteiger partial charge is 0.108 e. The van der Waals surface area contributed by atoms with E-state index >= 15 is 0 Å². The highest BCUT2D eigenvalue weighted by Gasteiger charge is 2.04. The Bertz CT molecular complexity index is 341. The maximum atomic E-state index is 10.3. The number of hydrogen-bond donors (Lipinski definition) is 0. The Kier molecular flexibility index (Phi) is 6.98. The second-order valence-electron chi connectivity index (χ2n) is 3.79. The third-order valence-electron chi connectivity index (χ3n) is 2.64. The van der Waals surface area contributed by atoms with Crippen molar-refractivity contribution in [3.05, 3.63) is 29.2 Å². The average Bonchev–Trinajstić information content (AvgIpc) is 2.43. The average molecular weight is 252 g/mol. The van der Waals surface area contributed by atoms with Crippen molar-refractivity contribution >= 4 is 11.4 Å². The molecule has 18 heavy (non-hydrogen) atoms. The minimum atomic E-state index is 0.450. The van der Waals surface area contributed by atoms with Gasteiger partial charge < -0.3 is 14.4 Å². The van der Waals surface area contributed by atoms with Gasteiger partial charge in [-0.2, -0.15) is 0 Å². The van der Waals surface area contributed by atoms with E-state index in [1.807, 2.05) is 12.1 Å². The fraction of sp³-hybridized carbons (Fsp3) is 0.538. The van der Waals surface area contributed by atoms with Gasteiger partial charge in [-0.1, -0.05) is 0 Å². The van der Waals surface area contributed by atoms with Crippen LogP contribution in [0.15, 0.2) is 29.4 Å². The van der Waals surface area contributed by atoms with Crippen LogP contribution in [0.2, 0.25) is 0 Å². The first-order chi connectivity index (χ1) is 8.81. The SMILES string of the molecule is CCN(CCOCCOC)c1ccc(N=O)cc1. The van der Waals surface area contributed by atoms with Crippen molar-refractivity contribution in [2.75, 3.05) is 44.9 Å². The van der Waals surface area contributed by atoms with Crippen LogP contribution in [-0.4, -0.2) is 40.0 Å². The molecule has 1 rings (SSSR count). The highest BCUT2D eigenvalue weighted by molar-refractivity contribution is 5.52. The zero-order valence-corrected chi connectivity index (χ0v) is 11.0. The van der Waals surface area contributed by atoms with Crippen LogP contribution < -0.4 is 4.90 Å². The first-order valence-corrected chi connectivity index (χ1v) is 6.06. The van der Waals surface area contributed by atoms with Gasteiger partial charge in [0.25, 0.3) is 0 Å². The lowest BCUT2D eigenvalue weighted by atomic mass is 10.2. The summed E-state index contributed by atoms with van der Waals surface area (Å²) in [6.07, 6.45) is 0. The quantitative estimate of drug-likeness (QED) is 0.500.